The van der Waals surface area contributed by atoms with Gasteiger partial charge in [0.05, 0.1) is 27.7 Å². The van der Waals surface area contributed by atoms with Gasteiger partial charge in [0, 0.05) is 17.2 Å². The zero-order valence-corrected chi connectivity index (χ0v) is 15.7. The van der Waals surface area contributed by atoms with E-state index in [4.69, 9.17) is 11.6 Å². The molecule has 3 rings (SSSR count). The van der Waals surface area contributed by atoms with Crippen LogP contribution >= 0.6 is 34.7 Å². The number of fused-ring (bicyclic) bond motifs is 1. The number of nitrogens with zero attached hydrogens (tertiary/aromatic N) is 2. The number of carbonyl (C=O) groups excluding carboxylic acids is 1. The van der Waals surface area contributed by atoms with Gasteiger partial charge in [-0.15, -0.1) is 23.1 Å². The number of hydrogen-bond acceptors (Lipinski definition) is 4. The highest BCUT2D eigenvalue weighted by Gasteiger charge is 2.10. The molecular formula is C17H18ClN3OS2. The van der Waals surface area contributed by atoms with Crippen LogP contribution in [0, 0.1) is 0 Å². The molecular weight excluding hydrogens is 362 g/mol. The summed E-state index contributed by atoms with van der Waals surface area (Å²) in [6.45, 7) is 3.37. The van der Waals surface area contributed by atoms with E-state index in [0.29, 0.717) is 12.3 Å². The van der Waals surface area contributed by atoms with Crippen LogP contribution in [-0.2, 0) is 23.6 Å². The van der Waals surface area contributed by atoms with Crippen LogP contribution in [0.15, 0.2) is 36.4 Å². The molecule has 0 spiro atoms. The Balaban J connectivity index is 1.52. The molecule has 4 nitrogen and oxygen atoms in total. The number of aryl methyl sites for hydroxylation is 1. The summed E-state index contributed by atoms with van der Waals surface area (Å²) in [7, 11) is 0. The minimum Gasteiger partial charge on any atom is -0.348 e. The molecule has 0 aliphatic carbocycles. The van der Waals surface area contributed by atoms with E-state index in [1.54, 1.807) is 23.1 Å². The van der Waals surface area contributed by atoms with Crippen LogP contribution in [0.3, 0.4) is 0 Å². The Morgan fingerprint density at radius 3 is 2.92 bits per heavy atom. The van der Waals surface area contributed by atoms with Gasteiger partial charge in [0.25, 0.3) is 0 Å². The van der Waals surface area contributed by atoms with Crippen LogP contribution in [-0.4, -0.2) is 21.2 Å². The molecule has 0 aliphatic heterocycles. The molecule has 24 heavy (non-hydrogen) atoms. The second-order valence-corrected chi connectivity index (χ2v) is 8.02. The number of thiophene rings is 1. The van der Waals surface area contributed by atoms with Crippen molar-refractivity contribution in [2.24, 2.45) is 0 Å². The van der Waals surface area contributed by atoms with E-state index in [1.807, 2.05) is 30.3 Å². The zero-order chi connectivity index (χ0) is 16.9. The van der Waals surface area contributed by atoms with Gasteiger partial charge >= 0.3 is 0 Å². The molecule has 0 saturated heterocycles. The second kappa shape index (κ2) is 8.05. The van der Waals surface area contributed by atoms with Gasteiger partial charge < -0.3 is 9.88 Å². The minimum atomic E-state index is 0.0253. The molecule has 126 valence electrons. The highest BCUT2D eigenvalue weighted by molar-refractivity contribution is 7.99. The maximum atomic E-state index is 12.0. The molecule has 2 aromatic heterocycles. The first-order valence-electron chi connectivity index (χ1n) is 7.70. The summed E-state index contributed by atoms with van der Waals surface area (Å²) in [5.41, 5.74) is 2.07. The van der Waals surface area contributed by atoms with Crippen molar-refractivity contribution in [2.45, 2.75) is 25.8 Å². The van der Waals surface area contributed by atoms with E-state index in [-0.39, 0.29) is 5.91 Å². The normalized spacial score (nSPS) is 11.1. The summed E-state index contributed by atoms with van der Waals surface area (Å²) in [4.78, 5) is 17.8. The maximum absolute atomic E-state index is 12.0. The maximum Gasteiger partial charge on any atom is 0.230 e. The first kappa shape index (κ1) is 17.3. The molecule has 1 aromatic carbocycles. The minimum absolute atomic E-state index is 0.0253. The van der Waals surface area contributed by atoms with Gasteiger partial charge in [-0.2, -0.15) is 0 Å². The topological polar surface area (TPSA) is 46.9 Å². The quantitative estimate of drug-likeness (QED) is 0.665. The molecule has 3 aromatic rings. The summed E-state index contributed by atoms with van der Waals surface area (Å²) in [6.07, 6.45) is 0. The first-order valence-corrected chi connectivity index (χ1v) is 10.0. The number of amides is 1. The van der Waals surface area contributed by atoms with Crippen LogP contribution in [0.1, 0.15) is 17.6 Å². The number of carbonyl (C=O) groups is 1. The number of rotatable bonds is 7. The van der Waals surface area contributed by atoms with Gasteiger partial charge in [-0.25, -0.2) is 4.98 Å². The van der Waals surface area contributed by atoms with Crippen LogP contribution in [0.5, 0.6) is 0 Å². The van der Waals surface area contributed by atoms with Crippen molar-refractivity contribution in [1.29, 1.82) is 0 Å². The van der Waals surface area contributed by atoms with Gasteiger partial charge in [-0.3, -0.25) is 4.79 Å². The fourth-order valence-electron chi connectivity index (χ4n) is 2.52. The number of aromatic nitrogens is 2. The number of nitrogens with one attached hydrogen (secondary N) is 1. The summed E-state index contributed by atoms with van der Waals surface area (Å²) < 4.78 is 2.92. The molecule has 0 radical (unpaired) electrons. The first-order chi connectivity index (χ1) is 11.7. The number of benzene rings is 1. The number of hydrogen-bond donors (Lipinski definition) is 1. The average Bonchev–Trinajstić information content (AvgIpc) is 3.15. The van der Waals surface area contributed by atoms with E-state index in [0.717, 1.165) is 33.5 Å². The predicted molar refractivity (Wildman–Crippen MR) is 103 cm³/mol. The van der Waals surface area contributed by atoms with Crippen molar-refractivity contribution >= 4 is 51.6 Å². The molecule has 0 saturated carbocycles. The van der Waals surface area contributed by atoms with E-state index in [2.05, 4.69) is 27.9 Å². The van der Waals surface area contributed by atoms with E-state index in [1.165, 1.54) is 4.88 Å². The van der Waals surface area contributed by atoms with Gasteiger partial charge in [0.2, 0.25) is 5.91 Å². The van der Waals surface area contributed by atoms with Crippen molar-refractivity contribution in [3.8, 4) is 0 Å². The van der Waals surface area contributed by atoms with Crippen LogP contribution < -0.4 is 5.32 Å². The van der Waals surface area contributed by atoms with Crippen molar-refractivity contribution in [1.82, 2.24) is 14.9 Å². The van der Waals surface area contributed by atoms with Gasteiger partial charge in [-0.05, 0) is 31.2 Å². The number of imidazole rings is 1. The third-order valence-electron chi connectivity index (χ3n) is 3.60. The molecule has 1 N–H and O–H groups in total. The Bertz CT molecular complexity index is 843. The fraction of sp³-hybridized carbons (Fsp3) is 0.294. The van der Waals surface area contributed by atoms with E-state index < -0.39 is 0 Å². The van der Waals surface area contributed by atoms with Crippen molar-refractivity contribution in [3.63, 3.8) is 0 Å². The Morgan fingerprint density at radius 2 is 2.17 bits per heavy atom. The van der Waals surface area contributed by atoms with Crippen LogP contribution in [0.2, 0.25) is 4.34 Å². The highest BCUT2D eigenvalue weighted by atomic mass is 35.5. The standard InChI is InChI=1S/C17H18ClN3OS2/c1-2-21-14-6-4-3-5-13(14)20-16(21)9-19-17(22)11-23-10-12-7-8-15(18)24-12/h3-8H,2,9-11H2,1H3,(H,19,22). The lowest BCUT2D eigenvalue weighted by molar-refractivity contribution is -0.118. The van der Waals surface area contributed by atoms with Crippen molar-refractivity contribution in [2.75, 3.05) is 5.75 Å². The predicted octanol–water partition coefficient (Wildman–Crippen LogP) is 4.32. The average molecular weight is 380 g/mol. The van der Waals surface area contributed by atoms with Crippen LogP contribution in [0.25, 0.3) is 11.0 Å². The fourth-order valence-corrected chi connectivity index (χ4v) is 4.57. The lowest BCUT2D eigenvalue weighted by Crippen LogP contribution is -2.26. The number of para-hydroxylation sites is 2. The van der Waals surface area contributed by atoms with Crippen molar-refractivity contribution in [3.05, 3.63) is 51.4 Å². The molecule has 0 bridgehead atoms. The monoisotopic (exact) mass is 379 g/mol. The third kappa shape index (κ3) is 4.12. The van der Waals surface area contributed by atoms with E-state index >= 15 is 0 Å². The molecule has 2 heterocycles. The molecule has 7 heteroatoms. The zero-order valence-electron chi connectivity index (χ0n) is 13.3. The summed E-state index contributed by atoms with van der Waals surface area (Å²) in [5.74, 6) is 2.15. The summed E-state index contributed by atoms with van der Waals surface area (Å²) in [5, 5.41) is 2.96. The largest absolute Gasteiger partial charge is 0.348 e. The Labute approximate surface area is 154 Å². The second-order valence-electron chi connectivity index (χ2n) is 5.24. The Hall–Kier alpha value is -1.50. The van der Waals surface area contributed by atoms with E-state index in [9.17, 15) is 4.79 Å². The lowest BCUT2D eigenvalue weighted by Gasteiger charge is -2.07. The molecule has 0 unspecified atom stereocenters. The van der Waals surface area contributed by atoms with Crippen molar-refractivity contribution < 1.29 is 4.79 Å². The van der Waals surface area contributed by atoms with Gasteiger partial charge in [-0.1, -0.05) is 23.7 Å². The van der Waals surface area contributed by atoms with Gasteiger partial charge in [0.1, 0.15) is 5.82 Å². The third-order valence-corrected chi connectivity index (χ3v) is 6.00. The lowest BCUT2D eigenvalue weighted by atomic mass is 10.3. The summed E-state index contributed by atoms with van der Waals surface area (Å²) >= 11 is 9.05. The Kier molecular flexibility index (Phi) is 5.81. The molecule has 0 atom stereocenters. The highest BCUT2D eigenvalue weighted by Crippen LogP contribution is 2.25. The number of thioether (sulfide) groups is 1. The Morgan fingerprint density at radius 1 is 1.33 bits per heavy atom. The smallest absolute Gasteiger partial charge is 0.230 e. The SMILES string of the molecule is CCn1c(CNC(=O)CSCc2ccc(Cl)s2)nc2ccccc21. The summed E-state index contributed by atoms with van der Waals surface area (Å²) in [6, 6.07) is 11.9. The van der Waals surface area contributed by atoms with Crippen LogP contribution in [0.4, 0.5) is 0 Å². The molecule has 1 amide bonds. The number of halogens is 1. The molecule has 0 fully saturated rings. The molecule has 0 aliphatic rings. The van der Waals surface area contributed by atoms with Gasteiger partial charge in [0.15, 0.2) is 0 Å².